The number of piperidine rings is 1. The number of rotatable bonds is 2. The SMILES string of the molecule is C=Cc1cncc(C2=CCC[C@@H]3CCCN[C@H]23)c1. The molecule has 2 heterocycles. The molecule has 1 N–H and O–H groups in total. The summed E-state index contributed by atoms with van der Waals surface area (Å²) in [6.07, 6.45) is 13.3. The van der Waals surface area contributed by atoms with Crippen LogP contribution >= 0.6 is 0 Å². The van der Waals surface area contributed by atoms with Gasteiger partial charge < -0.3 is 5.32 Å². The van der Waals surface area contributed by atoms with E-state index in [1.54, 1.807) is 0 Å². The molecule has 1 saturated heterocycles. The molecule has 1 aliphatic heterocycles. The lowest BCUT2D eigenvalue weighted by Gasteiger charge is -2.37. The molecule has 1 aromatic rings. The number of nitrogens with zero attached hydrogens (tertiary/aromatic N) is 1. The number of hydrogen-bond donors (Lipinski definition) is 1. The molecule has 2 aliphatic rings. The van der Waals surface area contributed by atoms with Crippen LogP contribution in [0, 0.1) is 5.92 Å². The van der Waals surface area contributed by atoms with Gasteiger partial charge in [0.1, 0.15) is 0 Å². The van der Waals surface area contributed by atoms with Gasteiger partial charge in [-0.15, -0.1) is 0 Å². The van der Waals surface area contributed by atoms with Gasteiger partial charge in [0.25, 0.3) is 0 Å². The van der Waals surface area contributed by atoms with Crippen molar-refractivity contribution in [2.45, 2.75) is 31.7 Å². The van der Waals surface area contributed by atoms with Gasteiger partial charge in [-0.05, 0) is 60.9 Å². The number of pyridine rings is 1. The Labute approximate surface area is 109 Å². The van der Waals surface area contributed by atoms with Crippen molar-refractivity contribution in [3.8, 4) is 0 Å². The zero-order valence-electron chi connectivity index (χ0n) is 10.7. The fraction of sp³-hybridized carbons (Fsp3) is 0.438. The van der Waals surface area contributed by atoms with Crippen LogP contribution in [0.2, 0.25) is 0 Å². The molecular weight excluding hydrogens is 220 g/mol. The Kier molecular flexibility index (Phi) is 3.28. The molecule has 1 fully saturated rings. The summed E-state index contributed by atoms with van der Waals surface area (Å²) in [6.45, 7) is 4.97. The van der Waals surface area contributed by atoms with Gasteiger partial charge in [-0.1, -0.05) is 18.7 Å². The van der Waals surface area contributed by atoms with Gasteiger partial charge in [0.15, 0.2) is 0 Å². The molecule has 1 aromatic heterocycles. The average Bonchev–Trinajstić information content (AvgIpc) is 2.47. The second-order valence-corrected chi connectivity index (χ2v) is 5.28. The topological polar surface area (TPSA) is 24.9 Å². The maximum Gasteiger partial charge on any atom is 0.0352 e. The third kappa shape index (κ3) is 2.13. The van der Waals surface area contributed by atoms with Crippen molar-refractivity contribution < 1.29 is 0 Å². The third-order valence-electron chi connectivity index (χ3n) is 4.15. The standard InChI is InChI=1S/C16H20N2/c1-2-12-9-14(11-17-10-12)15-7-3-5-13-6-4-8-18-16(13)15/h2,7,9-11,13,16,18H,1,3-6,8H2/t13-,16+/m1/s1. The van der Waals surface area contributed by atoms with E-state index in [4.69, 9.17) is 0 Å². The summed E-state index contributed by atoms with van der Waals surface area (Å²) < 4.78 is 0. The van der Waals surface area contributed by atoms with Crippen LogP contribution in [0.4, 0.5) is 0 Å². The Balaban J connectivity index is 1.93. The Morgan fingerprint density at radius 2 is 2.28 bits per heavy atom. The van der Waals surface area contributed by atoms with Gasteiger partial charge in [-0.3, -0.25) is 4.98 Å². The van der Waals surface area contributed by atoms with Crippen molar-refractivity contribution in [1.82, 2.24) is 10.3 Å². The van der Waals surface area contributed by atoms with Crippen molar-refractivity contribution in [3.05, 3.63) is 42.2 Å². The van der Waals surface area contributed by atoms with E-state index < -0.39 is 0 Å². The van der Waals surface area contributed by atoms with E-state index in [2.05, 4.69) is 29.0 Å². The zero-order valence-corrected chi connectivity index (χ0v) is 10.7. The van der Waals surface area contributed by atoms with E-state index in [0.717, 1.165) is 18.0 Å². The molecule has 18 heavy (non-hydrogen) atoms. The first kappa shape index (κ1) is 11.7. The summed E-state index contributed by atoms with van der Waals surface area (Å²) >= 11 is 0. The Morgan fingerprint density at radius 3 is 3.17 bits per heavy atom. The second-order valence-electron chi connectivity index (χ2n) is 5.28. The summed E-state index contributed by atoms with van der Waals surface area (Å²) in [5.41, 5.74) is 3.81. The molecule has 1 aliphatic carbocycles. The van der Waals surface area contributed by atoms with Crippen LogP contribution in [0.3, 0.4) is 0 Å². The number of allylic oxidation sites excluding steroid dienone is 1. The predicted molar refractivity (Wildman–Crippen MR) is 76.1 cm³/mol. The monoisotopic (exact) mass is 240 g/mol. The van der Waals surface area contributed by atoms with Crippen molar-refractivity contribution in [1.29, 1.82) is 0 Å². The van der Waals surface area contributed by atoms with Gasteiger partial charge in [0, 0.05) is 18.4 Å². The van der Waals surface area contributed by atoms with Gasteiger partial charge in [0.05, 0.1) is 0 Å². The maximum atomic E-state index is 4.33. The van der Waals surface area contributed by atoms with Gasteiger partial charge in [0.2, 0.25) is 0 Å². The highest BCUT2D eigenvalue weighted by Gasteiger charge is 2.30. The molecule has 0 aromatic carbocycles. The van der Waals surface area contributed by atoms with E-state index in [9.17, 15) is 0 Å². The molecule has 0 radical (unpaired) electrons. The first-order valence-electron chi connectivity index (χ1n) is 6.90. The molecule has 2 heteroatoms. The highest BCUT2D eigenvalue weighted by molar-refractivity contribution is 5.72. The summed E-state index contributed by atoms with van der Waals surface area (Å²) in [5.74, 6) is 0.811. The first-order valence-corrected chi connectivity index (χ1v) is 6.90. The van der Waals surface area contributed by atoms with Crippen molar-refractivity contribution in [2.75, 3.05) is 6.54 Å². The molecule has 2 nitrogen and oxygen atoms in total. The summed E-state index contributed by atoms with van der Waals surface area (Å²) in [4.78, 5) is 4.33. The smallest absolute Gasteiger partial charge is 0.0352 e. The summed E-state index contributed by atoms with van der Waals surface area (Å²) in [7, 11) is 0. The number of aromatic nitrogens is 1. The lowest BCUT2D eigenvalue weighted by atomic mass is 9.77. The summed E-state index contributed by atoms with van der Waals surface area (Å²) in [6, 6.07) is 2.74. The van der Waals surface area contributed by atoms with Crippen LogP contribution in [0.25, 0.3) is 11.6 Å². The van der Waals surface area contributed by atoms with E-state index in [0.29, 0.717) is 6.04 Å². The highest BCUT2D eigenvalue weighted by Crippen LogP contribution is 2.35. The number of hydrogen-bond acceptors (Lipinski definition) is 2. The van der Waals surface area contributed by atoms with Gasteiger partial charge >= 0.3 is 0 Å². The average molecular weight is 240 g/mol. The molecule has 0 spiro atoms. The second kappa shape index (κ2) is 5.07. The molecular formula is C16H20N2. The lowest BCUT2D eigenvalue weighted by molar-refractivity contribution is 0.304. The molecule has 0 saturated carbocycles. The predicted octanol–water partition coefficient (Wildman–Crippen LogP) is 3.27. The maximum absolute atomic E-state index is 4.33. The molecule has 3 rings (SSSR count). The van der Waals surface area contributed by atoms with Crippen LogP contribution in [-0.4, -0.2) is 17.6 Å². The largest absolute Gasteiger partial charge is 0.310 e. The fourth-order valence-electron chi connectivity index (χ4n) is 3.23. The highest BCUT2D eigenvalue weighted by atomic mass is 14.9. The minimum Gasteiger partial charge on any atom is -0.310 e. The third-order valence-corrected chi connectivity index (χ3v) is 4.15. The van der Waals surface area contributed by atoms with Crippen molar-refractivity contribution in [3.63, 3.8) is 0 Å². The van der Waals surface area contributed by atoms with E-state index in [1.165, 1.54) is 36.8 Å². The van der Waals surface area contributed by atoms with E-state index in [-0.39, 0.29) is 0 Å². The first-order chi connectivity index (χ1) is 8.88. The molecule has 94 valence electrons. The molecule has 0 bridgehead atoms. The van der Waals surface area contributed by atoms with Crippen LogP contribution in [0.1, 0.15) is 36.8 Å². The van der Waals surface area contributed by atoms with Crippen LogP contribution < -0.4 is 5.32 Å². The van der Waals surface area contributed by atoms with E-state index >= 15 is 0 Å². The minimum atomic E-state index is 0.536. The van der Waals surface area contributed by atoms with Crippen molar-refractivity contribution in [2.24, 2.45) is 5.92 Å². The Bertz CT molecular complexity index is 476. The lowest BCUT2D eigenvalue weighted by Crippen LogP contribution is -2.43. The van der Waals surface area contributed by atoms with E-state index in [1.807, 2.05) is 18.5 Å². The molecule has 0 amide bonds. The summed E-state index contributed by atoms with van der Waals surface area (Å²) in [5, 5.41) is 3.69. The van der Waals surface area contributed by atoms with Crippen LogP contribution in [0.5, 0.6) is 0 Å². The molecule has 0 unspecified atom stereocenters. The Hall–Kier alpha value is -1.41. The zero-order chi connectivity index (χ0) is 12.4. The van der Waals surface area contributed by atoms with Crippen LogP contribution in [0.15, 0.2) is 31.1 Å². The minimum absolute atomic E-state index is 0.536. The van der Waals surface area contributed by atoms with Gasteiger partial charge in [-0.2, -0.15) is 0 Å². The number of fused-ring (bicyclic) bond motifs is 1. The van der Waals surface area contributed by atoms with Crippen molar-refractivity contribution >= 4 is 11.6 Å². The quantitative estimate of drug-likeness (QED) is 0.858. The normalized spacial score (nSPS) is 27.2. The van der Waals surface area contributed by atoms with Crippen LogP contribution in [-0.2, 0) is 0 Å². The van der Waals surface area contributed by atoms with Gasteiger partial charge in [-0.25, -0.2) is 0 Å². The molecule has 2 atom stereocenters. The fourth-order valence-corrected chi connectivity index (χ4v) is 3.23. The Morgan fingerprint density at radius 1 is 1.33 bits per heavy atom. The number of nitrogens with one attached hydrogen (secondary N) is 1.